The summed E-state index contributed by atoms with van der Waals surface area (Å²) in [5, 5.41) is 14.8. The molecule has 0 saturated carbocycles. The average Bonchev–Trinajstić information content (AvgIpc) is 2.48. The zero-order valence-electron chi connectivity index (χ0n) is 11.6. The molecule has 2 aromatic rings. The number of nitrogens with zero attached hydrogens (tertiary/aromatic N) is 3. The Hall–Kier alpha value is -2.96. The van der Waals surface area contributed by atoms with Crippen molar-refractivity contribution in [3.05, 3.63) is 57.8 Å². The quantitative estimate of drug-likeness (QED) is 0.518. The van der Waals surface area contributed by atoms with Gasteiger partial charge in [0, 0.05) is 12.3 Å². The predicted octanol–water partition coefficient (Wildman–Crippen LogP) is 2.75. The summed E-state index contributed by atoms with van der Waals surface area (Å²) in [6, 6.07) is 8.43. The number of rotatable bonds is 5. The lowest BCUT2D eigenvalue weighted by molar-refractivity contribution is -0.384. The van der Waals surface area contributed by atoms with Crippen LogP contribution in [0.3, 0.4) is 0 Å². The summed E-state index contributed by atoms with van der Waals surface area (Å²) >= 11 is 0. The molecule has 21 heavy (non-hydrogen) atoms. The highest BCUT2D eigenvalue weighted by Gasteiger charge is 2.12. The predicted molar refractivity (Wildman–Crippen MR) is 79.8 cm³/mol. The number of hydrogen-bond donors (Lipinski definition) is 1. The van der Waals surface area contributed by atoms with Crippen molar-refractivity contribution >= 4 is 17.7 Å². The molecule has 7 heteroatoms. The Balaban J connectivity index is 2.13. The fraction of sp³-hybridized carbons (Fsp3) is 0.143. The summed E-state index contributed by atoms with van der Waals surface area (Å²) < 4.78 is 5.17. The molecule has 0 amide bonds. The summed E-state index contributed by atoms with van der Waals surface area (Å²) in [4.78, 5) is 14.2. The summed E-state index contributed by atoms with van der Waals surface area (Å²) in [6.45, 7) is 1.92. The van der Waals surface area contributed by atoms with Gasteiger partial charge in [0.05, 0.1) is 18.2 Å². The number of aryl methyl sites for hydroxylation is 1. The molecule has 1 aromatic carbocycles. The minimum atomic E-state index is -0.512. The van der Waals surface area contributed by atoms with Crippen molar-refractivity contribution in [2.75, 3.05) is 12.5 Å². The SMILES string of the molecule is COc1ccc(/C=N\Nc2ncccc2[N+](=O)[O-])cc1C. The van der Waals surface area contributed by atoms with E-state index in [-0.39, 0.29) is 11.5 Å². The minimum absolute atomic E-state index is 0.101. The second-order valence-corrected chi connectivity index (χ2v) is 4.23. The maximum absolute atomic E-state index is 10.8. The molecule has 0 fully saturated rings. The van der Waals surface area contributed by atoms with Crippen LogP contribution in [0.4, 0.5) is 11.5 Å². The highest BCUT2D eigenvalue weighted by molar-refractivity contribution is 5.81. The molecule has 0 atom stereocenters. The first kappa shape index (κ1) is 14.4. The van der Waals surface area contributed by atoms with Crippen LogP contribution in [-0.4, -0.2) is 23.2 Å². The lowest BCUT2D eigenvalue weighted by atomic mass is 10.1. The van der Waals surface area contributed by atoms with Gasteiger partial charge in [0.15, 0.2) is 0 Å². The van der Waals surface area contributed by atoms with Crippen LogP contribution < -0.4 is 10.2 Å². The van der Waals surface area contributed by atoms with Gasteiger partial charge in [-0.25, -0.2) is 4.98 Å². The molecule has 0 saturated heterocycles. The Kier molecular flexibility index (Phi) is 4.45. The average molecular weight is 286 g/mol. The fourth-order valence-electron chi connectivity index (χ4n) is 1.78. The Labute approximate surface area is 121 Å². The number of benzene rings is 1. The van der Waals surface area contributed by atoms with Crippen LogP contribution in [0.2, 0.25) is 0 Å². The van der Waals surface area contributed by atoms with Gasteiger partial charge in [-0.3, -0.25) is 15.5 Å². The van der Waals surface area contributed by atoms with E-state index < -0.39 is 4.92 Å². The lowest BCUT2D eigenvalue weighted by Gasteiger charge is -2.04. The Morgan fingerprint density at radius 3 is 2.90 bits per heavy atom. The molecule has 7 nitrogen and oxygen atoms in total. The van der Waals surface area contributed by atoms with E-state index in [9.17, 15) is 10.1 Å². The number of methoxy groups -OCH3 is 1. The number of hydrogen-bond acceptors (Lipinski definition) is 6. The second-order valence-electron chi connectivity index (χ2n) is 4.23. The summed E-state index contributed by atoms with van der Waals surface area (Å²) in [5.74, 6) is 0.893. The van der Waals surface area contributed by atoms with Crippen molar-refractivity contribution in [1.29, 1.82) is 0 Å². The van der Waals surface area contributed by atoms with Crippen molar-refractivity contribution in [2.24, 2.45) is 5.10 Å². The van der Waals surface area contributed by atoms with Crippen LogP contribution in [-0.2, 0) is 0 Å². The van der Waals surface area contributed by atoms with Crippen LogP contribution >= 0.6 is 0 Å². The first-order valence-electron chi connectivity index (χ1n) is 6.15. The van der Waals surface area contributed by atoms with Gasteiger partial charge in [-0.15, -0.1) is 0 Å². The third-order valence-corrected chi connectivity index (χ3v) is 2.79. The maximum atomic E-state index is 10.8. The standard InChI is InChI=1S/C14H14N4O3/c1-10-8-11(5-6-13(10)21-2)9-16-17-14-12(18(19)20)4-3-7-15-14/h3-9H,1-2H3,(H,15,17)/b16-9-. The number of hydrazone groups is 1. The van der Waals surface area contributed by atoms with Gasteiger partial charge < -0.3 is 4.74 Å². The first-order chi connectivity index (χ1) is 10.1. The van der Waals surface area contributed by atoms with Crippen LogP contribution in [0, 0.1) is 17.0 Å². The fourth-order valence-corrected chi connectivity index (χ4v) is 1.78. The highest BCUT2D eigenvalue weighted by Crippen LogP contribution is 2.20. The summed E-state index contributed by atoms with van der Waals surface area (Å²) in [7, 11) is 1.61. The molecule has 2 rings (SSSR count). The van der Waals surface area contributed by atoms with Gasteiger partial charge in [0.2, 0.25) is 5.82 Å². The third-order valence-electron chi connectivity index (χ3n) is 2.79. The van der Waals surface area contributed by atoms with Gasteiger partial charge in [-0.05, 0) is 42.3 Å². The van der Waals surface area contributed by atoms with E-state index in [2.05, 4.69) is 15.5 Å². The van der Waals surface area contributed by atoms with E-state index in [1.165, 1.54) is 18.3 Å². The van der Waals surface area contributed by atoms with Crippen LogP contribution in [0.25, 0.3) is 0 Å². The normalized spacial score (nSPS) is 10.6. The van der Waals surface area contributed by atoms with E-state index in [4.69, 9.17) is 4.74 Å². The smallest absolute Gasteiger partial charge is 0.313 e. The Bertz CT molecular complexity index is 686. The molecule has 0 aliphatic rings. The zero-order valence-corrected chi connectivity index (χ0v) is 11.6. The van der Waals surface area contributed by atoms with Crippen LogP contribution in [0.1, 0.15) is 11.1 Å². The molecule has 0 spiro atoms. The van der Waals surface area contributed by atoms with E-state index in [0.717, 1.165) is 16.9 Å². The molecule has 1 N–H and O–H groups in total. The third kappa shape index (κ3) is 3.53. The minimum Gasteiger partial charge on any atom is -0.496 e. The molecule has 1 heterocycles. The molecule has 0 bridgehead atoms. The number of nitro groups is 1. The van der Waals surface area contributed by atoms with E-state index in [1.54, 1.807) is 13.3 Å². The first-order valence-corrected chi connectivity index (χ1v) is 6.15. The maximum Gasteiger partial charge on any atom is 0.313 e. The topological polar surface area (TPSA) is 89.7 Å². The number of nitrogens with one attached hydrogen (secondary N) is 1. The summed E-state index contributed by atoms with van der Waals surface area (Å²) in [5.41, 5.74) is 4.28. The zero-order chi connectivity index (χ0) is 15.2. The molecule has 0 aliphatic heterocycles. The van der Waals surface area contributed by atoms with Gasteiger partial charge in [-0.2, -0.15) is 5.10 Å². The number of ether oxygens (including phenoxy) is 1. The van der Waals surface area contributed by atoms with Crippen molar-refractivity contribution in [3.63, 3.8) is 0 Å². The Morgan fingerprint density at radius 2 is 2.24 bits per heavy atom. The van der Waals surface area contributed by atoms with Crippen LogP contribution in [0.15, 0.2) is 41.6 Å². The molecule has 1 aromatic heterocycles. The molecule has 108 valence electrons. The van der Waals surface area contributed by atoms with E-state index >= 15 is 0 Å². The van der Waals surface area contributed by atoms with Crippen LogP contribution in [0.5, 0.6) is 5.75 Å². The van der Waals surface area contributed by atoms with Crippen molar-refractivity contribution in [3.8, 4) is 5.75 Å². The van der Waals surface area contributed by atoms with Crippen molar-refractivity contribution in [2.45, 2.75) is 6.92 Å². The van der Waals surface area contributed by atoms with Crippen molar-refractivity contribution in [1.82, 2.24) is 4.98 Å². The van der Waals surface area contributed by atoms with Crippen molar-refractivity contribution < 1.29 is 9.66 Å². The summed E-state index contributed by atoms with van der Waals surface area (Å²) in [6.07, 6.45) is 3.02. The monoisotopic (exact) mass is 286 g/mol. The van der Waals surface area contributed by atoms with E-state index in [1.807, 2.05) is 25.1 Å². The number of anilines is 1. The largest absolute Gasteiger partial charge is 0.496 e. The van der Waals surface area contributed by atoms with Gasteiger partial charge in [0.1, 0.15) is 5.75 Å². The van der Waals surface area contributed by atoms with Gasteiger partial charge in [0.25, 0.3) is 0 Å². The number of aromatic nitrogens is 1. The highest BCUT2D eigenvalue weighted by atomic mass is 16.6. The molecular formula is C14H14N4O3. The second kappa shape index (κ2) is 6.47. The van der Waals surface area contributed by atoms with E-state index in [0.29, 0.717) is 0 Å². The molecule has 0 aliphatic carbocycles. The van der Waals surface area contributed by atoms with Gasteiger partial charge in [-0.1, -0.05) is 0 Å². The lowest BCUT2D eigenvalue weighted by Crippen LogP contribution is -1.99. The Morgan fingerprint density at radius 1 is 1.43 bits per heavy atom. The van der Waals surface area contributed by atoms with Gasteiger partial charge >= 0.3 is 5.69 Å². The molecule has 0 radical (unpaired) electrons. The molecule has 0 unspecified atom stereocenters. The molecular weight excluding hydrogens is 272 g/mol. The number of pyridine rings is 1.